The highest BCUT2D eigenvalue weighted by Crippen LogP contribution is 2.47. The van der Waals surface area contributed by atoms with Crippen LogP contribution in [0.2, 0.25) is 0 Å². The second-order valence-electron chi connectivity index (χ2n) is 10.9. The van der Waals surface area contributed by atoms with Crippen LogP contribution in [0.4, 0.5) is 17.3 Å². The van der Waals surface area contributed by atoms with Crippen LogP contribution < -0.4 is 9.80 Å². The van der Waals surface area contributed by atoms with Gasteiger partial charge in [0.2, 0.25) is 0 Å². The van der Waals surface area contributed by atoms with E-state index in [9.17, 15) is 0 Å². The van der Waals surface area contributed by atoms with Crippen LogP contribution in [-0.4, -0.2) is 123 Å². The summed E-state index contributed by atoms with van der Waals surface area (Å²) in [5.74, 6) is 1.41. The molecule has 3 heterocycles. The number of hydrogen-bond acceptors (Lipinski definition) is 11. The van der Waals surface area contributed by atoms with Crippen LogP contribution in [0.5, 0.6) is 0 Å². The maximum atomic E-state index is 9.03. The van der Waals surface area contributed by atoms with Gasteiger partial charge in [0.1, 0.15) is 24.3 Å². The Balaban J connectivity index is 1.82. The quantitative estimate of drug-likeness (QED) is 0.141. The van der Waals surface area contributed by atoms with Crippen LogP contribution in [-0.2, 0) is 13.8 Å². The van der Waals surface area contributed by atoms with Crippen molar-refractivity contribution < 1.29 is 13.8 Å². The lowest BCUT2D eigenvalue weighted by atomic mass is 10.1. The molecule has 2 aliphatic heterocycles. The lowest BCUT2D eigenvalue weighted by Crippen LogP contribution is -2.38. The predicted molar refractivity (Wildman–Crippen MR) is 160 cm³/mol. The summed E-state index contributed by atoms with van der Waals surface area (Å²) in [6.45, 7) is 9.73. The maximum Gasteiger partial charge on any atom is 0.259 e. The van der Waals surface area contributed by atoms with Gasteiger partial charge < -0.3 is 33.4 Å². The molecule has 0 aromatic carbocycles. The molecule has 1 unspecified atom stereocenters. The number of fused-ring (bicyclic) bond motifs is 1. The van der Waals surface area contributed by atoms with E-state index < -0.39 is 8.53 Å². The largest absolute Gasteiger partial charge is 0.369 e. The highest BCUT2D eigenvalue weighted by Gasteiger charge is 2.43. The molecule has 1 saturated heterocycles. The third kappa shape index (κ3) is 8.21. The minimum Gasteiger partial charge on any atom is -0.369 e. The van der Waals surface area contributed by atoms with Crippen molar-refractivity contribution in [1.29, 1.82) is 5.26 Å². The first-order chi connectivity index (χ1) is 19.0. The van der Waals surface area contributed by atoms with Gasteiger partial charge in [-0.3, -0.25) is 4.99 Å². The van der Waals surface area contributed by atoms with E-state index in [0.29, 0.717) is 38.5 Å². The SMILES string of the molecule is CC(C)N(C(C)C)P(OCCC#N)OC[C@H]1O[C@@H](N2CN(C)c3c(N=CN(C)C)ncnc32)C[C@@H]1N=CN(C)C. The van der Waals surface area contributed by atoms with E-state index in [4.69, 9.17) is 24.0 Å². The fourth-order valence-corrected chi connectivity index (χ4v) is 6.27. The number of anilines is 2. The Morgan fingerprint density at radius 2 is 1.85 bits per heavy atom. The van der Waals surface area contributed by atoms with Crippen molar-refractivity contribution in [2.45, 2.75) is 71.0 Å². The molecule has 13 nitrogen and oxygen atoms in total. The van der Waals surface area contributed by atoms with Gasteiger partial charge in [0.25, 0.3) is 8.53 Å². The van der Waals surface area contributed by atoms with Gasteiger partial charge in [-0.25, -0.2) is 19.6 Å². The number of nitrogens with zero attached hydrogens (tertiary/aromatic N) is 10. The van der Waals surface area contributed by atoms with E-state index in [0.717, 1.165) is 11.5 Å². The van der Waals surface area contributed by atoms with Gasteiger partial charge in [-0.1, -0.05) is 0 Å². The van der Waals surface area contributed by atoms with Gasteiger partial charge in [0.15, 0.2) is 11.6 Å². The Labute approximate surface area is 240 Å². The first kappa shape index (κ1) is 31.9. The van der Waals surface area contributed by atoms with Crippen LogP contribution >= 0.6 is 8.53 Å². The molecule has 1 aromatic rings. The summed E-state index contributed by atoms with van der Waals surface area (Å²) in [6, 6.07) is 2.47. The fraction of sp³-hybridized carbons (Fsp3) is 0.731. The zero-order valence-corrected chi connectivity index (χ0v) is 26.2. The zero-order valence-electron chi connectivity index (χ0n) is 25.3. The molecule has 1 aromatic heterocycles. The monoisotopic (exact) mass is 576 g/mol. The Morgan fingerprint density at radius 1 is 1.15 bits per heavy atom. The molecule has 0 radical (unpaired) electrons. The van der Waals surface area contributed by atoms with Crippen molar-refractivity contribution in [2.75, 3.05) is 64.9 Å². The summed E-state index contributed by atoms with van der Waals surface area (Å²) in [6.07, 6.45) is 5.56. The van der Waals surface area contributed by atoms with Gasteiger partial charge in [0.05, 0.1) is 51.1 Å². The average Bonchev–Trinajstić information content (AvgIpc) is 3.45. The molecule has 4 atom stereocenters. The first-order valence-corrected chi connectivity index (χ1v) is 14.8. The van der Waals surface area contributed by atoms with Crippen LogP contribution in [0, 0.1) is 11.3 Å². The van der Waals surface area contributed by atoms with Crippen LogP contribution in [0.1, 0.15) is 40.5 Å². The lowest BCUT2D eigenvalue weighted by molar-refractivity contribution is 0.00925. The molecule has 0 spiro atoms. The molecule has 222 valence electrons. The van der Waals surface area contributed by atoms with E-state index >= 15 is 0 Å². The Morgan fingerprint density at radius 3 is 2.48 bits per heavy atom. The molecule has 40 heavy (non-hydrogen) atoms. The highest BCUT2D eigenvalue weighted by molar-refractivity contribution is 7.44. The molecule has 2 aliphatic rings. The lowest BCUT2D eigenvalue weighted by Gasteiger charge is -2.36. The summed E-state index contributed by atoms with van der Waals surface area (Å²) in [5.41, 5.74) is 0.871. The minimum absolute atomic E-state index is 0.114. The van der Waals surface area contributed by atoms with Gasteiger partial charge in [-0.05, 0) is 27.7 Å². The average molecular weight is 577 g/mol. The number of hydrogen-bond donors (Lipinski definition) is 0. The highest BCUT2D eigenvalue weighted by atomic mass is 31.2. The minimum atomic E-state index is -1.38. The molecule has 0 bridgehead atoms. The number of aliphatic imine (C=N–C) groups is 2. The Bertz CT molecular complexity index is 1040. The number of ether oxygens (including phenoxy) is 1. The third-order valence-corrected chi connectivity index (χ3v) is 8.34. The second-order valence-corrected chi connectivity index (χ2v) is 12.3. The fourth-order valence-electron chi connectivity index (χ4n) is 4.65. The van der Waals surface area contributed by atoms with Gasteiger partial charge in [-0.2, -0.15) is 5.26 Å². The Kier molecular flexibility index (Phi) is 11.8. The van der Waals surface area contributed by atoms with Gasteiger partial charge in [-0.15, -0.1) is 0 Å². The van der Waals surface area contributed by atoms with Crippen molar-refractivity contribution >= 4 is 38.5 Å². The Hall–Kier alpha value is -2.62. The van der Waals surface area contributed by atoms with E-state index in [-0.39, 0.29) is 30.5 Å². The smallest absolute Gasteiger partial charge is 0.259 e. The predicted octanol–water partition coefficient (Wildman–Crippen LogP) is 3.28. The van der Waals surface area contributed by atoms with Gasteiger partial charge in [0, 0.05) is 53.7 Å². The van der Waals surface area contributed by atoms with E-state index in [1.165, 1.54) is 0 Å². The zero-order chi connectivity index (χ0) is 29.4. The van der Waals surface area contributed by atoms with Crippen molar-refractivity contribution in [3.63, 3.8) is 0 Å². The molecule has 1 fully saturated rings. The second kappa shape index (κ2) is 14.8. The van der Waals surface area contributed by atoms with Crippen molar-refractivity contribution in [2.24, 2.45) is 9.98 Å². The molecular weight excluding hydrogens is 531 g/mol. The topological polar surface area (TPSA) is 118 Å². The summed E-state index contributed by atoms with van der Waals surface area (Å²) in [4.78, 5) is 26.4. The van der Waals surface area contributed by atoms with Gasteiger partial charge >= 0.3 is 0 Å². The standard InChI is InChI=1S/C26H45N10O3P/c1-19(2)36(20(3)4)40(37-12-10-11-27)38-14-22-21(30-16-32(5)6)13-23(39-22)35-18-34(9)24-25(31-17-33(7)8)28-15-29-26(24)35/h15-17,19-23H,10,12-14,18H2,1-9H3/t21-,22+,23+,40?/m0/s1. The van der Waals surface area contributed by atoms with Crippen LogP contribution in [0.15, 0.2) is 16.3 Å². The summed E-state index contributed by atoms with van der Waals surface area (Å²) in [5, 5.41) is 9.03. The van der Waals surface area contributed by atoms with Crippen LogP contribution in [0.3, 0.4) is 0 Å². The first-order valence-electron chi connectivity index (χ1n) is 13.6. The third-order valence-electron chi connectivity index (χ3n) is 6.27. The maximum absolute atomic E-state index is 9.03. The van der Waals surface area contributed by atoms with E-state index in [1.807, 2.05) is 51.4 Å². The summed E-state index contributed by atoms with van der Waals surface area (Å²) in [7, 11) is 8.37. The van der Waals surface area contributed by atoms with Crippen molar-refractivity contribution in [3.05, 3.63) is 6.33 Å². The molecular formula is C26H45N10O3P. The molecule has 0 N–H and O–H groups in total. The molecule has 0 saturated carbocycles. The number of rotatable bonds is 14. The van der Waals surface area contributed by atoms with E-state index in [1.54, 1.807) is 12.7 Å². The normalized spacial score (nSPS) is 21.8. The molecule has 0 amide bonds. The van der Waals surface area contributed by atoms with Crippen molar-refractivity contribution in [3.8, 4) is 6.07 Å². The number of aromatic nitrogens is 2. The van der Waals surface area contributed by atoms with E-state index in [2.05, 4.69) is 63.2 Å². The molecule has 3 rings (SSSR count). The molecule has 0 aliphatic carbocycles. The summed E-state index contributed by atoms with van der Waals surface area (Å²) >= 11 is 0. The van der Waals surface area contributed by atoms with Crippen LogP contribution in [0.25, 0.3) is 0 Å². The van der Waals surface area contributed by atoms with Crippen molar-refractivity contribution in [1.82, 2.24) is 24.4 Å². The molecule has 14 heteroatoms. The number of nitriles is 1. The summed E-state index contributed by atoms with van der Waals surface area (Å²) < 4.78 is 21.4.